The van der Waals surface area contributed by atoms with E-state index in [2.05, 4.69) is 25.9 Å². The molecule has 4 N–H and O–H groups in total. The summed E-state index contributed by atoms with van der Waals surface area (Å²) in [7, 11) is 0. The number of aromatic nitrogens is 2. The van der Waals surface area contributed by atoms with E-state index in [1.54, 1.807) is 24.4 Å². The highest BCUT2D eigenvalue weighted by Gasteiger charge is 2.16. The summed E-state index contributed by atoms with van der Waals surface area (Å²) in [4.78, 5) is 32.1. The van der Waals surface area contributed by atoms with Gasteiger partial charge in [-0.3, -0.25) is 9.59 Å². The van der Waals surface area contributed by atoms with Crippen LogP contribution in [0.15, 0.2) is 53.5 Å². The first-order chi connectivity index (χ1) is 16.5. The van der Waals surface area contributed by atoms with Gasteiger partial charge >= 0.3 is 0 Å². The summed E-state index contributed by atoms with van der Waals surface area (Å²) < 4.78 is 19.5. The molecule has 34 heavy (non-hydrogen) atoms. The van der Waals surface area contributed by atoms with Crippen LogP contribution in [0.4, 0.5) is 15.9 Å². The van der Waals surface area contributed by atoms with Crippen LogP contribution in [0.25, 0.3) is 21.7 Å². The minimum absolute atomic E-state index is 0.0585. The number of H-pyrrole nitrogens is 1. The molecule has 0 radical (unpaired) electrons. The number of morpholine rings is 1. The summed E-state index contributed by atoms with van der Waals surface area (Å²) in [5.41, 5.74) is 2.35. The van der Waals surface area contributed by atoms with Gasteiger partial charge in [-0.15, -0.1) is 0 Å². The van der Waals surface area contributed by atoms with Gasteiger partial charge in [0.2, 0.25) is 5.56 Å². The Hall–Kier alpha value is -3.82. The second kappa shape index (κ2) is 9.20. The maximum Gasteiger partial charge on any atom is 0.251 e. The number of nitrogens with zero attached hydrogens (tertiary/aromatic N) is 1. The number of benzene rings is 2. The molecule has 4 aromatic rings. The zero-order chi connectivity index (χ0) is 23.7. The van der Waals surface area contributed by atoms with Crippen LogP contribution in [0, 0.1) is 12.7 Å². The minimum atomic E-state index is -0.383. The van der Waals surface area contributed by atoms with Crippen LogP contribution >= 0.6 is 0 Å². The Morgan fingerprint density at radius 2 is 2.06 bits per heavy atom. The van der Waals surface area contributed by atoms with E-state index in [1.807, 2.05) is 13.0 Å². The third-order valence-electron chi connectivity index (χ3n) is 5.91. The summed E-state index contributed by atoms with van der Waals surface area (Å²) in [6.45, 7) is 4.47. The van der Waals surface area contributed by atoms with E-state index in [0.29, 0.717) is 58.4 Å². The van der Waals surface area contributed by atoms with Gasteiger partial charge in [0.25, 0.3) is 5.91 Å². The lowest BCUT2D eigenvalue weighted by molar-refractivity contribution is 0.0287. The Balaban J connectivity index is 1.47. The van der Waals surface area contributed by atoms with E-state index in [4.69, 9.17) is 4.74 Å². The first-order valence-electron chi connectivity index (χ1n) is 11.1. The van der Waals surface area contributed by atoms with E-state index in [1.165, 1.54) is 18.2 Å². The van der Waals surface area contributed by atoms with E-state index < -0.39 is 0 Å². The van der Waals surface area contributed by atoms with Crippen molar-refractivity contribution in [3.63, 3.8) is 0 Å². The van der Waals surface area contributed by atoms with Gasteiger partial charge in [0.05, 0.1) is 18.2 Å². The molecule has 0 spiro atoms. The quantitative estimate of drug-likeness (QED) is 0.341. The number of hydrogen-bond acceptors (Lipinski definition) is 6. The molecule has 9 heteroatoms. The molecule has 2 aromatic carbocycles. The van der Waals surface area contributed by atoms with Crippen molar-refractivity contribution in [3.05, 3.63) is 76.0 Å². The topological polar surface area (TPSA) is 108 Å². The summed E-state index contributed by atoms with van der Waals surface area (Å²) in [5.74, 6) is -0.144. The van der Waals surface area contributed by atoms with Crippen LogP contribution in [-0.4, -0.2) is 48.2 Å². The average Bonchev–Trinajstić information content (AvgIpc) is 2.85. The lowest BCUT2D eigenvalue weighted by Gasteiger charge is -2.23. The van der Waals surface area contributed by atoms with Crippen LogP contribution in [0.1, 0.15) is 15.9 Å². The summed E-state index contributed by atoms with van der Waals surface area (Å²) >= 11 is 0. The Kier molecular flexibility index (Phi) is 5.95. The summed E-state index contributed by atoms with van der Waals surface area (Å²) in [6, 6.07) is 11.1. The normalized spacial score (nSPS) is 16.0. The fraction of sp³-hybridized carbons (Fsp3) is 0.240. The molecule has 1 saturated heterocycles. The van der Waals surface area contributed by atoms with Crippen molar-refractivity contribution in [1.82, 2.24) is 20.6 Å². The van der Waals surface area contributed by atoms with Gasteiger partial charge in [-0.1, -0.05) is 6.07 Å². The second-order valence-electron chi connectivity index (χ2n) is 8.31. The molecule has 8 nitrogen and oxygen atoms in total. The average molecular weight is 461 g/mol. The predicted molar refractivity (Wildman–Crippen MR) is 129 cm³/mol. The van der Waals surface area contributed by atoms with Crippen molar-refractivity contribution >= 4 is 39.1 Å². The number of halogens is 1. The Morgan fingerprint density at radius 3 is 2.88 bits per heavy atom. The number of fused-ring (bicyclic) bond motifs is 3. The highest BCUT2D eigenvalue weighted by atomic mass is 19.1. The minimum Gasteiger partial charge on any atom is -0.374 e. The summed E-state index contributed by atoms with van der Waals surface area (Å²) in [5, 5.41) is 11.3. The van der Waals surface area contributed by atoms with Gasteiger partial charge in [0.1, 0.15) is 11.6 Å². The number of hydrogen-bond donors (Lipinski definition) is 4. The number of anilines is 2. The Labute approximate surface area is 194 Å². The van der Waals surface area contributed by atoms with E-state index in [-0.39, 0.29) is 23.4 Å². The Morgan fingerprint density at radius 1 is 1.18 bits per heavy atom. The number of nitrogens with one attached hydrogen (secondary N) is 4. The molecule has 0 aliphatic carbocycles. The fourth-order valence-corrected chi connectivity index (χ4v) is 4.07. The van der Waals surface area contributed by atoms with Gasteiger partial charge in [-0.05, 0) is 42.8 Å². The van der Waals surface area contributed by atoms with Gasteiger partial charge < -0.3 is 25.7 Å². The molecule has 0 saturated carbocycles. The number of amides is 1. The number of rotatable bonds is 5. The van der Waals surface area contributed by atoms with E-state index in [9.17, 15) is 14.0 Å². The number of ether oxygens (including phenoxy) is 1. The number of aryl methyl sites for hydroxylation is 1. The number of carbonyl (C=O) groups is 1. The third-order valence-corrected chi connectivity index (χ3v) is 5.91. The van der Waals surface area contributed by atoms with Crippen molar-refractivity contribution < 1.29 is 13.9 Å². The first kappa shape index (κ1) is 22.0. The monoisotopic (exact) mass is 461 g/mol. The van der Waals surface area contributed by atoms with Crippen molar-refractivity contribution in [2.24, 2.45) is 0 Å². The van der Waals surface area contributed by atoms with Gasteiger partial charge in [-0.25, -0.2) is 9.37 Å². The van der Waals surface area contributed by atoms with Crippen LogP contribution in [0.3, 0.4) is 0 Å². The number of aromatic amines is 1. The van der Waals surface area contributed by atoms with Crippen LogP contribution < -0.4 is 21.5 Å². The highest BCUT2D eigenvalue weighted by Crippen LogP contribution is 2.31. The highest BCUT2D eigenvalue weighted by molar-refractivity contribution is 6.10. The smallest absolute Gasteiger partial charge is 0.251 e. The molecule has 3 heterocycles. The van der Waals surface area contributed by atoms with E-state index >= 15 is 0 Å². The van der Waals surface area contributed by atoms with Gasteiger partial charge in [0.15, 0.2) is 0 Å². The zero-order valence-corrected chi connectivity index (χ0v) is 18.6. The third kappa shape index (κ3) is 4.48. The molecule has 0 bridgehead atoms. The first-order valence-corrected chi connectivity index (χ1v) is 11.1. The van der Waals surface area contributed by atoms with Crippen molar-refractivity contribution in [1.29, 1.82) is 0 Å². The fourth-order valence-electron chi connectivity index (χ4n) is 4.07. The maximum atomic E-state index is 13.9. The standard InChI is InChI=1S/C25H24FN5O3/c1-14-2-3-15(25(33)29-12-17-11-27-6-7-34-17)8-22(14)31-24-19-10-23(32)28-13-20(19)18-9-16(26)4-5-21(18)30-24/h2-5,8-10,13,17,27H,6-7,11-12H2,1H3,(H,28,32)(H,29,33)(H,30,31). The molecule has 1 atom stereocenters. The SMILES string of the molecule is Cc1ccc(C(=O)NCC2CNCCO2)cc1Nc1nc2ccc(F)cc2c2c[nH]c(=O)cc12. The van der Waals surface area contributed by atoms with Crippen LogP contribution in [0.2, 0.25) is 0 Å². The lowest BCUT2D eigenvalue weighted by Crippen LogP contribution is -2.45. The molecule has 1 unspecified atom stereocenters. The van der Waals surface area contributed by atoms with Gasteiger partial charge in [0, 0.05) is 59.3 Å². The van der Waals surface area contributed by atoms with Crippen molar-refractivity contribution in [2.75, 3.05) is 31.6 Å². The summed E-state index contributed by atoms with van der Waals surface area (Å²) in [6.07, 6.45) is 1.50. The van der Waals surface area contributed by atoms with Crippen LogP contribution in [0.5, 0.6) is 0 Å². The molecule has 5 rings (SSSR count). The number of pyridine rings is 2. The predicted octanol–water partition coefficient (Wildman–Crippen LogP) is 2.99. The number of carbonyl (C=O) groups excluding carboxylic acids is 1. The second-order valence-corrected chi connectivity index (χ2v) is 8.31. The zero-order valence-electron chi connectivity index (χ0n) is 18.6. The molecule has 2 aromatic heterocycles. The molecule has 1 fully saturated rings. The molecule has 1 aliphatic rings. The van der Waals surface area contributed by atoms with E-state index in [0.717, 1.165) is 12.1 Å². The largest absolute Gasteiger partial charge is 0.374 e. The molecule has 174 valence electrons. The van der Waals surface area contributed by atoms with Crippen molar-refractivity contribution in [3.8, 4) is 0 Å². The lowest BCUT2D eigenvalue weighted by atomic mass is 10.1. The molecule has 1 aliphatic heterocycles. The molecular formula is C25H24FN5O3. The van der Waals surface area contributed by atoms with Crippen molar-refractivity contribution in [2.45, 2.75) is 13.0 Å². The van der Waals surface area contributed by atoms with Crippen LogP contribution in [-0.2, 0) is 4.74 Å². The van der Waals surface area contributed by atoms with Gasteiger partial charge in [-0.2, -0.15) is 0 Å². The molecular weight excluding hydrogens is 437 g/mol. The maximum absolute atomic E-state index is 13.9. The molecule has 1 amide bonds. The Bertz CT molecular complexity index is 1450.